The summed E-state index contributed by atoms with van der Waals surface area (Å²) in [5.74, 6) is 0.558. The zero-order valence-electron chi connectivity index (χ0n) is 11.9. The zero-order valence-corrected chi connectivity index (χ0v) is 11.9. The van der Waals surface area contributed by atoms with Gasteiger partial charge in [0.25, 0.3) is 0 Å². The Hall–Kier alpha value is -2.08. The molecule has 1 aromatic rings. The Morgan fingerprint density at radius 2 is 2.14 bits per heavy atom. The van der Waals surface area contributed by atoms with Crippen molar-refractivity contribution < 1.29 is 14.8 Å². The number of nitrogens with zero attached hydrogens (tertiary/aromatic N) is 2. The summed E-state index contributed by atoms with van der Waals surface area (Å²) in [4.78, 5) is 12.8. The number of hydrogen-bond acceptors (Lipinski definition) is 5. The lowest BCUT2D eigenvalue weighted by Crippen LogP contribution is -2.48. The van der Waals surface area contributed by atoms with Gasteiger partial charge in [0.2, 0.25) is 0 Å². The average Bonchev–Trinajstić information content (AvgIpc) is 2.51. The van der Waals surface area contributed by atoms with Crippen molar-refractivity contribution in [2.45, 2.75) is 18.9 Å². The summed E-state index contributed by atoms with van der Waals surface area (Å²) >= 11 is 0. The Bertz CT molecular complexity index is 587. The number of aliphatic hydroxyl groups is 1. The second-order valence-electron chi connectivity index (χ2n) is 5.53. The first kappa shape index (κ1) is 13.9. The van der Waals surface area contributed by atoms with Crippen molar-refractivity contribution in [3.8, 4) is 5.75 Å². The Labute approximate surface area is 122 Å². The second-order valence-corrected chi connectivity index (χ2v) is 5.53. The molecule has 2 bridgehead atoms. The van der Waals surface area contributed by atoms with Gasteiger partial charge in [0.05, 0.1) is 18.1 Å². The van der Waals surface area contributed by atoms with Crippen molar-refractivity contribution >= 4 is 11.8 Å². The Balaban J connectivity index is 1.96. The molecule has 0 aromatic heterocycles. The molecule has 0 saturated carbocycles. The van der Waals surface area contributed by atoms with Crippen LogP contribution in [0.2, 0.25) is 0 Å². The summed E-state index contributed by atoms with van der Waals surface area (Å²) in [5.41, 5.74) is 1.53. The third-order valence-electron chi connectivity index (χ3n) is 4.37. The number of benzene rings is 1. The van der Waals surface area contributed by atoms with E-state index in [0.29, 0.717) is 11.5 Å². The maximum atomic E-state index is 11.1. The number of methoxy groups -OCH3 is 1. The van der Waals surface area contributed by atoms with Crippen LogP contribution in [0.15, 0.2) is 23.9 Å². The molecule has 6 nitrogen and oxygen atoms in total. The highest BCUT2D eigenvalue weighted by atomic mass is 16.6. The maximum absolute atomic E-state index is 11.1. The molecule has 21 heavy (non-hydrogen) atoms. The minimum absolute atomic E-state index is 0.0580. The van der Waals surface area contributed by atoms with E-state index in [1.165, 1.54) is 13.2 Å². The Morgan fingerprint density at radius 3 is 2.71 bits per heavy atom. The zero-order chi connectivity index (χ0) is 15.0. The number of nitro groups is 1. The molecular formula is C15H18N2O4. The van der Waals surface area contributed by atoms with Crippen LogP contribution in [0.25, 0.3) is 6.08 Å². The molecule has 1 aromatic carbocycles. The van der Waals surface area contributed by atoms with Crippen LogP contribution in [-0.2, 0) is 0 Å². The molecule has 0 radical (unpaired) electrons. The molecule has 0 aliphatic carbocycles. The van der Waals surface area contributed by atoms with E-state index in [0.717, 1.165) is 31.6 Å². The monoisotopic (exact) mass is 290 g/mol. The first-order valence-corrected chi connectivity index (χ1v) is 7.07. The Kier molecular flexibility index (Phi) is 3.55. The molecule has 112 valence electrons. The van der Waals surface area contributed by atoms with Gasteiger partial charge < -0.3 is 14.7 Å². The normalized spacial score (nSPS) is 26.2. The van der Waals surface area contributed by atoms with Crippen LogP contribution >= 0.6 is 0 Å². The summed E-state index contributed by atoms with van der Waals surface area (Å²) in [6.45, 7) is 1.90. The summed E-state index contributed by atoms with van der Waals surface area (Å²) in [7, 11) is 1.41. The first-order valence-electron chi connectivity index (χ1n) is 7.07. The maximum Gasteiger partial charge on any atom is 0.311 e. The molecule has 1 atom stereocenters. The summed E-state index contributed by atoms with van der Waals surface area (Å²) in [6.07, 6.45) is 3.42. The largest absolute Gasteiger partial charge is 0.490 e. The Morgan fingerprint density at radius 1 is 1.43 bits per heavy atom. The minimum Gasteiger partial charge on any atom is -0.490 e. The molecule has 3 heterocycles. The highest BCUT2D eigenvalue weighted by Crippen LogP contribution is 2.36. The first-order chi connectivity index (χ1) is 10.1. The fourth-order valence-electron chi connectivity index (χ4n) is 3.19. The highest BCUT2D eigenvalue weighted by Gasteiger charge is 2.36. The van der Waals surface area contributed by atoms with Crippen LogP contribution in [0, 0.1) is 16.0 Å². The van der Waals surface area contributed by atoms with Crippen LogP contribution in [0.4, 0.5) is 5.69 Å². The van der Waals surface area contributed by atoms with Crippen LogP contribution < -0.4 is 4.74 Å². The molecule has 1 unspecified atom stereocenters. The van der Waals surface area contributed by atoms with Gasteiger partial charge in [-0.1, -0.05) is 6.07 Å². The fraction of sp³-hybridized carbons (Fsp3) is 0.467. The van der Waals surface area contributed by atoms with Crippen molar-refractivity contribution in [1.82, 2.24) is 4.90 Å². The number of nitro benzene ring substituents is 1. The molecule has 3 saturated heterocycles. The smallest absolute Gasteiger partial charge is 0.311 e. The van der Waals surface area contributed by atoms with E-state index >= 15 is 0 Å². The number of aliphatic hydroxyl groups excluding tert-OH is 1. The number of piperidine rings is 3. The van der Waals surface area contributed by atoms with Gasteiger partial charge in [0.1, 0.15) is 0 Å². The SMILES string of the molecule is COc1ccc(C=C2C(O)C3CCN2CC3)cc1[N+](=O)[O-]. The third kappa shape index (κ3) is 2.47. The van der Waals surface area contributed by atoms with Gasteiger partial charge >= 0.3 is 5.69 Å². The molecule has 6 heteroatoms. The molecule has 3 aliphatic rings. The van der Waals surface area contributed by atoms with Gasteiger partial charge in [-0.15, -0.1) is 0 Å². The van der Waals surface area contributed by atoms with Crippen molar-refractivity contribution in [2.75, 3.05) is 20.2 Å². The highest BCUT2D eigenvalue weighted by molar-refractivity contribution is 5.61. The molecule has 0 amide bonds. The van der Waals surface area contributed by atoms with Crippen LogP contribution in [0.3, 0.4) is 0 Å². The predicted molar refractivity (Wildman–Crippen MR) is 77.9 cm³/mol. The quantitative estimate of drug-likeness (QED) is 0.681. The number of hydrogen-bond donors (Lipinski definition) is 1. The topological polar surface area (TPSA) is 75.8 Å². The van der Waals surface area contributed by atoms with Gasteiger partial charge in [0, 0.05) is 24.9 Å². The van der Waals surface area contributed by atoms with Crippen LogP contribution in [-0.4, -0.2) is 41.2 Å². The van der Waals surface area contributed by atoms with E-state index in [1.807, 2.05) is 6.08 Å². The van der Waals surface area contributed by atoms with Crippen molar-refractivity contribution in [2.24, 2.45) is 5.92 Å². The molecule has 3 fully saturated rings. The van der Waals surface area contributed by atoms with E-state index in [-0.39, 0.29) is 11.4 Å². The number of rotatable bonds is 3. The van der Waals surface area contributed by atoms with Gasteiger partial charge in [-0.05, 0) is 36.5 Å². The lowest BCUT2D eigenvalue weighted by molar-refractivity contribution is -0.385. The molecular weight excluding hydrogens is 272 g/mol. The minimum atomic E-state index is -0.464. The summed E-state index contributed by atoms with van der Waals surface area (Å²) < 4.78 is 5.00. The summed E-state index contributed by atoms with van der Waals surface area (Å²) in [6, 6.07) is 4.85. The van der Waals surface area contributed by atoms with Crippen molar-refractivity contribution in [1.29, 1.82) is 0 Å². The van der Waals surface area contributed by atoms with Gasteiger partial charge in [0.15, 0.2) is 5.75 Å². The van der Waals surface area contributed by atoms with Crippen LogP contribution in [0.5, 0.6) is 5.75 Å². The van der Waals surface area contributed by atoms with Crippen molar-refractivity contribution in [3.63, 3.8) is 0 Å². The van der Waals surface area contributed by atoms with E-state index in [2.05, 4.69) is 4.90 Å². The molecule has 1 N–H and O–H groups in total. The average molecular weight is 290 g/mol. The van der Waals surface area contributed by atoms with Crippen LogP contribution in [0.1, 0.15) is 18.4 Å². The van der Waals surface area contributed by atoms with Gasteiger partial charge in [-0.3, -0.25) is 10.1 Å². The summed E-state index contributed by atoms with van der Waals surface area (Å²) in [5, 5.41) is 21.4. The third-order valence-corrected chi connectivity index (χ3v) is 4.37. The lowest BCUT2D eigenvalue weighted by atomic mass is 9.83. The molecule has 3 aliphatic heterocycles. The van der Waals surface area contributed by atoms with Crippen molar-refractivity contribution in [3.05, 3.63) is 39.6 Å². The number of fused-ring (bicyclic) bond motifs is 3. The van der Waals surface area contributed by atoms with E-state index in [1.54, 1.807) is 12.1 Å². The second kappa shape index (κ2) is 5.37. The molecule has 0 spiro atoms. The van der Waals surface area contributed by atoms with Gasteiger partial charge in [-0.2, -0.15) is 0 Å². The fourth-order valence-corrected chi connectivity index (χ4v) is 3.19. The predicted octanol–water partition coefficient (Wildman–Crippen LogP) is 2.03. The van der Waals surface area contributed by atoms with E-state index in [9.17, 15) is 15.2 Å². The molecule has 4 rings (SSSR count). The lowest BCUT2D eigenvalue weighted by Gasteiger charge is -2.45. The van der Waals surface area contributed by atoms with E-state index < -0.39 is 11.0 Å². The number of ether oxygens (including phenoxy) is 1. The van der Waals surface area contributed by atoms with E-state index in [4.69, 9.17) is 4.74 Å². The van der Waals surface area contributed by atoms with Gasteiger partial charge in [-0.25, -0.2) is 0 Å². The standard InChI is InChI=1S/C15H18N2O4/c1-21-14-3-2-10(8-12(14)17(19)20)9-13-15(18)11-4-6-16(13)7-5-11/h2-3,8-9,11,15,18H,4-7H2,1H3.